The Balaban J connectivity index is 1.82. The van der Waals surface area contributed by atoms with Gasteiger partial charge in [-0.25, -0.2) is 0 Å². The van der Waals surface area contributed by atoms with Crippen molar-refractivity contribution < 1.29 is 4.79 Å². The molecule has 92 valence electrons. The molecule has 2 rings (SSSR count). The van der Waals surface area contributed by atoms with Gasteiger partial charge in [0.05, 0.1) is 6.04 Å². The largest absolute Gasteiger partial charge is 0.341 e. The molecule has 1 saturated carbocycles. The van der Waals surface area contributed by atoms with Crippen molar-refractivity contribution in [2.24, 2.45) is 17.6 Å². The minimum Gasteiger partial charge on any atom is -0.341 e. The topological polar surface area (TPSA) is 46.3 Å². The van der Waals surface area contributed by atoms with Crippen molar-refractivity contribution in [3.05, 3.63) is 0 Å². The van der Waals surface area contributed by atoms with E-state index in [1.165, 1.54) is 19.3 Å². The summed E-state index contributed by atoms with van der Waals surface area (Å²) in [6.45, 7) is 1.94. The van der Waals surface area contributed by atoms with Crippen LogP contribution in [0.2, 0.25) is 0 Å². The second-order valence-corrected chi connectivity index (χ2v) is 6.07. The van der Waals surface area contributed by atoms with Crippen LogP contribution in [0.15, 0.2) is 0 Å². The fourth-order valence-corrected chi connectivity index (χ4v) is 3.51. The van der Waals surface area contributed by atoms with Crippen molar-refractivity contribution in [2.75, 3.05) is 25.1 Å². The molecule has 2 unspecified atom stereocenters. The highest BCUT2D eigenvalue weighted by Crippen LogP contribution is 2.37. The number of hydrogen-bond acceptors (Lipinski definition) is 3. The third kappa shape index (κ3) is 2.54. The molecule has 3 atom stereocenters. The molecule has 1 saturated heterocycles. The van der Waals surface area contributed by atoms with Gasteiger partial charge in [-0.2, -0.15) is 11.8 Å². The van der Waals surface area contributed by atoms with Gasteiger partial charge in [-0.15, -0.1) is 0 Å². The summed E-state index contributed by atoms with van der Waals surface area (Å²) in [4.78, 5) is 14.1. The second kappa shape index (κ2) is 5.41. The van der Waals surface area contributed by atoms with E-state index in [-0.39, 0.29) is 11.9 Å². The summed E-state index contributed by atoms with van der Waals surface area (Å²) in [6, 6.07) is -0.272. The number of carbonyl (C=O) groups excluding carboxylic acids is 1. The van der Waals surface area contributed by atoms with Crippen LogP contribution in [0.5, 0.6) is 0 Å². The molecule has 2 N–H and O–H groups in total. The minimum atomic E-state index is -0.272. The summed E-state index contributed by atoms with van der Waals surface area (Å²) in [5, 5.41) is 0. The number of nitrogens with two attached hydrogens (primary N) is 1. The molecule has 0 aromatic heterocycles. The fourth-order valence-electron chi connectivity index (χ4n) is 3.02. The summed E-state index contributed by atoms with van der Waals surface area (Å²) in [7, 11) is 0. The van der Waals surface area contributed by atoms with E-state index in [4.69, 9.17) is 5.73 Å². The molecule has 2 fully saturated rings. The Morgan fingerprint density at radius 2 is 2.06 bits per heavy atom. The summed E-state index contributed by atoms with van der Waals surface area (Å²) in [5.74, 6) is 2.71. The maximum atomic E-state index is 12.1. The van der Waals surface area contributed by atoms with Crippen LogP contribution in [-0.4, -0.2) is 41.9 Å². The number of thioether (sulfide) groups is 1. The Labute approximate surface area is 102 Å². The molecular weight excluding hydrogens is 220 g/mol. The predicted molar refractivity (Wildman–Crippen MR) is 68.4 cm³/mol. The number of hydrogen-bond donors (Lipinski definition) is 1. The standard InChI is InChI=1S/C12H22N2OS/c1-16-6-5-11(13)12(15)14-7-9-3-2-4-10(9)8-14/h9-11H,2-8,13H2,1H3/t9?,10?,11-/m0/s1. The molecule has 1 heterocycles. The van der Waals surface area contributed by atoms with Crippen molar-refractivity contribution in [1.29, 1.82) is 0 Å². The third-order valence-corrected chi connectivity index (χ3v) is 4.63. The Hall–Kier alpha value is -0.220. The molecule has 2 aliphatic rings. The molecule has 0 radical (unpaired) electrons. The minimum absolute atomic E-state index is 0.184. The van der Waals surface area contributed by atoms with Gasteiger partial charge >= 0.3 is 0 Å². The van der Waals surface area contributed by atoms with Gasteiger partial charge in [0.25, 0.3) is 0 Å². The highest BCUT2D eigenvalue weighted by Gasteiger charge is 2.38. The van der Waals surface area contributed by atoms with E-state index in [9.17, 15) is 4.79 Å². The average Bonchev–Trinajstić information content (AvgIpc) is 2.84. The van der Waals surface area contributed by atoms with Crippen LogP contribution < -0.4 is 5.73 Å². The van der Waals surface area contributed by atoms with Crippen molar-refractivity contribution in [2.45, 2.75) is 31.7 Å². The number of fused-ring (bicyclic) bond motifs is 1. The highest BCUT2D eigenvalue weighted by molar-refractivity contribution is 7.98. The van der Waals surface area contributed by atoms with E-state index < -0.39 is 0 Å². The number of likely N-dealkylation sites (tertiary alicyclic amines) is 1. The summed E-state index contributed by atoms with van der Waals surface area (Å²) < 4.78 is 0. The van der Waals surface area contributed by atoms with Crippen molar-refractivity contribution in [3.8, 4) is 0 Å². The third-order valence-electron chi connectivity index (χ3n) is 3.99. The first kappa shape index (κ1) is 12.2. The van der Waals surface area contributed by atoms with Gasteiger partial charge in [0, 0.05) is 13.1 Å². The van der Waals surface area contributed by atoms with E-state index in [0.717, 1.165) is 37.1 Å². The maximum absolute atomic E-state index is 12.1. The van der Waals surface area contributed by atoms with Gasteiger partial charge in [0.1, 0.15) is 0 Å². The molecule has 0 bridgehead atoms. The van der Waals surface area contributed by atoms with Crippen molar-refractivity contribution in [3.63, 3.8) is 0 Å². The van der Waals surface area contributed by atoms with Crippen LogP contribution in [0.3, 0.4) is 0 Å². The first-order chi connectivity index (χ1) is 7.72. The number of amides is 1. The van der Waals surface area contributed by atoms with Gasteiger partial charge in [0.15, 0.2) is 0 Å². The lowest BCUT2D eigenvalue weighted by atomic mass is 10.0. The molecule has 16 heavy (non-hydrogen) atoms. The predicted octanol–water partition coefficient (Wildman–Crippen LogP) is 1.33. The molecule has 3 nitrogen and oxygen atoms in total. The quantitative estimate of drug-likeness (QED) is 0.809. The van der Waals surface area contributed by atoms with Gasteiger partial charge in [-0.05, 0) is 43.1 Å². The van der Waals surface area contributed by atoms with Crippen LogP contribution in [0.1, 0.15) is 25.7 Å². The Bertz CT molecular complexity index is 247. The Morgan fingerprint density at radius 3 is 2.62 bits per heavy atom. The Morgan fingerprint density at radius 1 is 1.44 bits per heavy atom. The van der Waals surface area contributed by atoms with Gasteiger partial charge in [0.2, 0.25) is 5.91 Å². The Kier molecular flexibility index (Phi) is 4.14. The summed E-state index contributed by atoms with van der Waals surface area (Å²) >= 11 is 1.76. The lowest BCUT2D eigenvalue weighted by Gasteiger charge is -2.21. The molecule has 1 aliphatic heterocycles. The van der Waals surface area contributed by atoms with Crippen LogP contribution in [0.4, 0.5) is 0 Å². The van der Waals surface area contributed by atoms with Crippen LogP contribution in [-0.2, 0) is 4.79 Å². The van der Waals surface area contributed by atoms with E-state index in [1.807, 2.05) is 4.90 Å². The normalized spacial score (nSPS) is 30.5. The zero-order valence-corrected chi connectivity index (χ0v) is 10.8. The van der Waals surface area contributed by atoms with Crippen molar-refractivity contribution in [1.82, 2.24) is 4.90 Å². The lowest BCUT2D eigenvalue weighted by molar-refractivity contribution is -0.131. The van der Waals surface area contributed by atoms with Gasteiger partial charge in [-0.1, -0.05) is 6.42 Å². The first-order valence-electron chi connectivity index (χ1n) is 6.25. The first-order valence-corrected chi connectivity index (χ1v) is 7.65. The van der Waals surface area contributed by atoms with E-state index in [1.54, 1.807) is 11.8 Å². The monoisotopic (exact) mass is 242 g/mol. The second-order valence-electron chi connectivity index (χ2n) is 5.08. The van der Waals surface area contributed by atoms with E-state index in [2.05, 4.69) is 6.26 Å². The zero-order valence-electron chi connectivity index (χ0n) is 10.0. The molecule has 1 amide bonds. The lowest BCUT2D eigenvalue weighted by Crippen LogP contribution is -2.43. The van der Waals surface area contributed by atoms with E-state index in [0.29, 0.717) is 0 Å². The molecular formula is C12H22N2OS. The van der Waals surface area contributed by atoms with Gasteiger partial charge < -0.3 is 10.6 Å². The van der Waals surface area contributed by atoms with E-state index >= 15 is 0 Å². The van der Waals surface area contributed by atoms with Gasteiger partial charge in [-0.3, -0.25) is 4.79 Å². The zero-order chi connectivity index (χ0) is 11.5. The van der Waals surface area contributed by atoms with Crippen LogP contribution in [0.25, 0.3) is 0 Å². The highest BCUT2D eigenvalue weighted by atomic mass is 32.2. The smallest absolute Gasteiger partial charge is 0.239 e. The van der Waals surface area contributed by atoms with Crippen molar-refractivity contribution >= 4 is 17.7 Å². The summed E-state index contributed by atoms with van der Waals surface area (Å²) in [5.41, 5.74) is 5.93. The number of carbonyl (C=O) groups is 1. The molecule has 1 aliphatic carbocycles. The van der Waals surface area contributed by atoms with Crippen LogP contribution >= 0.6 is 11.8 Å². The molecule has 4 heteroatoms. The fraction of sp³-hybridized carbons (Fsp3) is 0.917. The molecule has 0 aromatic carbocycles. The molecule has 0 spiro atoms. The van der Waals surface area contributed by atoms with Crippen LogP contribution in [0, 0.1) is 11.8 Å². The SMILES string of the molecule is CSCC[C@H](N)C(=O)N1CC2CCCC2C1. The average molecular weight is 242 g/mol. The summed E-state index contributed by atoms with van der Waals surface area (Å²) in [6.07, 6.45) is 6.85. The number of rotatable bonds is 4. The molecule has 0 aromatic rings. The number of nitrogens with zero attached hydrogens (tertiary/aromatic N) is 1. The maximum Gasteiger partial charge on any atom is 0.239 e.